The molecule has 0 radical (unpaired) electrons. The molecule has 100 valence electrons. The van der Waals surface area contributed by atoms with E-state index in [1.807, 2.05) is 19.9 Å². The number of hydrogen-bond acceptors (Lipinski definition) is 2. The van der Waals surface area contributed by atoms with Crippen LogP contribution in [0.5, 0.6) is 0 Å². The smallest absolute Gasteiger partial charge is 0.334 e. The van der Waals surface area contributed by atoms with Crippen LogP contribution in [0, 0.1) is 0 Å². The summed E-state index contributed by atoms with van der Waals surface area (Å²) in [5, 5.41) is 0. The van der Waals surface area contributed by atoms with Gasteiger partial charge in [0.15, 0.2) is 0 Å². The van der Waals surface area contributed by atoms with Gasteiger partial charge in [-0.1, -0.05) is 29.4 Å². The number of rotatable bonds is 5. The van der Waals surface area contributed by atoms with Crippen LogP contribution in [0.2, 0.25) is 0 Å². The quantitative estimate of drug-likeness (QED) is 0.534. The van der Waals surface area contributed by atoms with E-state index in [-0.39, 0.29) is 12.1 Å². The Morgan fingerprint density at radius 3 is 2.72 bits per heavy atom. The minimum Gasteiger partial charge on any atom is -0.460 e. The third-order valence-corrected chi connectivity index (χ3v) is 2.81. The average molecular weight is 248 g/mol. The lowest BCUT2D eigenvalue weighted by Crippen LogP contribution is -2.15. The molecule has 0 unspecified atom stereocenters. The predicted molar refractivity (Wildman–Crippen MR) is 75.3 cm³/mol. The van der Waals surface area contributed by atoms with Crippen molar-refractivity contribution in [1.82, 2.24) is 0 Å². The standard InChI is InChI=1S/C16H24O2/c1-12(2)7-5-8-14-9-6-10-15(11-14)16(17)18-13(3)4/h7,9-10,13H,5-6,8,11H2,1-4H3. The van der Waals surface area contributed by atoms with Gasteiger partial charge in [-0.3, -0.25) is 0 Å². The molecule has 2 heteroatoms. The molecule has 0 aromatic carbocycles. The van der Waals surface area contributed by atoms with Crippen LogP contribution in [0.1, 0.15) is 53.4 Å². The Morgan fingerprint density at radius 1 is 1.39 bits per heavy atom. The van der Waals surface area contributed by atoms with E-state index in [2.05, 4.69) is 26.0 Å². The summed E-state index contributed by atoms with van der Waals surface area (Å²) in [6.07, 6.45) is 10.1. The molecule has 0 aromatic heterocycles. The molecule has 0 bridgehead atoms. The molecule has 0 amide bonds. The molecule has 0 aromatic rings. The fourth-order valence-electron chi connectivity index (χ4n) is 1.94. The van der Waals surface area contributed by atoms with Crippen molar-refractivity contribution >= 4 is 5.97 Å². The van der Waals surface area contributed by atoms with E-state index in [1.165, 1.54) is 11.1 Å². The van der Waals surface area contributed by atoms with Crippen LogP contribution in [0.15, 0.2) is 34.9 Å². The Balaban J connectivity index is 2.46. The number of esters is 1. The minimum absolute atomic E-state index is 0.0431. The number of hydrogen-bond donors (Lipinski definition) is 0. The van der Waals surface area contributed by atoms with E-state index >= 15 is 0 Å². The molecule has 1 aliphatic rings. The maximum Gasteiger partial charge on any atom is 0.334 e. The molecule has 0 spiro atoms. The monoisotopic (exact) mass is 248 g/mol. The van der Waals surface area contributed by atoms with Gasteiger partial charge in [-0.2, -0.15) is 0 Å². The second-order valence-corrected chi connectivity index (χ2v) is 5.28. The predicted octanol–water partition coefficient (Wildman–Crippen LogP) is 4.33. The first-order chi connectivity index (χ1) is 8.49. The third-order valence-electron chi connectivity index (χ3n) is 2.81. The summed E-state index contributed by atoms with van der Waals surface area (Å²) in [6.45, 7) is 7.99. The van der Waals surface area contributed by atoms with Crippen molar-refractivity contribution in [1.29, 1.82) is 0 Å². The second-order valence-electron chi connectivity index (χ2n) is 5.28. The highest BCUT2D eigenvalue weighted by atomic mass is 16.5. The Morgan fingerprint density at radius 2 is 2.11 bits per heavy atom. The minimum atomic E-state index is -0.155. The third kappa shape index (κ3) is 5.35. The second kappa shape index (κ2) is 7.20. The van der Waals surface area contributed by atoms with E-state index in [0.717, 1.165) is 31.3 Å². The van der Waals surface area contributed by atoms with E-state index in [9.17, 15) is 4.79 Å². The Hall–Kier alpha value is -1.31. The van der Waals surface area contributed by atoms with Crippen molar-refractivity contribution in [2.75, 3.05) is 0 Å². The summed E-state index contributed by atoms with van der Waals surface area (Å²) in [5.41, 5.74) is 3.52. The fraction of sp³-hybridized carbons (Fsp3) is 0.562. The maximum atomic E-state index is 11.8. The van der Waals surface area contributed by atoms with E-state index in [4.69, 9.17) is 4.74 Å². The first-order valence-corrected chi connectivity index (χ1v) is 6.70. The first-order valence-electron chi connectivity index (χ1n) is 6.70. The summed E-state index contributed by atoms with van der Waals surface area (Å²) in [5.74, 6) is -0.155. The molecule has 0 aliphatic heterocycles. The molecule has 0 saturated carbocycles. The topological polar surface area (TPSA) is 26.3 Å². The first kappa shape index (κ1) is 14.7. The van der Waals surface area contributed by atoms with Gasteiger partial charge >= 0.3 is 5.97 Å². The van der Waals surface area contributed by atoms with E-state index in [0.29, 0.717) is 0 Å². The van der Waals surface area contributed by atoms with Crippen molar-refractivity contribution in [2.24, 2.45) is 0 Å². The summed E-state index contributed by atoms with van der Waals surface area (Å²) < 4.78 is 5.23. The van der Waals surface area contributed by atoms with Crippen molar-refractivity contribution in [3.63, 3.8) is 0 Å². The zero-order valence-corrected chi connectivity index (χ0v) is 12.0. The highest BCUT2D eigenvalue weighted by Gasteiger charge is 2.16. The molecule has 0 heterocycles. The van der Waals surface area contributed by atoms with Crippen molar-refractivity contribution < 1.29 is 9.53 Å². The van der Waals surface area contributed by atoms with Crippen LogP contribution in [-0.2, 0) is 9.53 Å². The van der Waals surface area contributed by atoms with Crippen molar-refractivity contribution in [2.45, 2.75) is 59.5 Å². The molecule has 0 atom stereocenters. The number of allylic oxidation sites excluding steroid dienone is 5. The normalized spacial score (nSPS) is 14.9. The average Bonchev–Trinajstić information content (AvgIpc) is 2.28. The van der Waals surface area contributed by atoms with Gasteiger partial charge < -0.3 is 4.74 Å². The summed E-state index contributed by atoms with van der Waals surface area (Å²) >= 11 is 0. The van der Waals surface area contributed by atoms with Crippen molar-refractivity contribution in [3.05, 3.63) is 34.9 Å². The largest absolute Gasteiger partial charge is 0.460 e. The summed E-state index contributed by atoms with van der Waals surface area (Å²) in [7, 11) is 0. The molecule has 1 aliphatic carbocycles. The van der Waals surface area contributed by atoms with Gasteiger partial charge in [-0.15, -0.1) is 0 Å². The molecule has 1 rings (SSSR count). The number of carbonyl (C=O) groups excluding carboxylic acids is 1. The lowest BCUT2D eigenvalue weighted by atomic mass is 9.94. The maximum absolute atomic E-state index is 11.8. The van der Waals surface area contributed by atoms with Gasteiger partial charge in [0.2, 0.25) is 0 Å². The van der Waals surface area contributed by atoms with Gasteiger partial charge in [0.25, 0.3) is 0 Å². The molecule has 18 heavy (non-hydrogen) atoms. The van der Waals surface area contributed by atoms with Crippen LogP contribution in [-0.4, -0.2) is 12.1 Å². The highest BCUT2D eigenvalue weighted by Crippen LogP contribution is 2.23. The number of ether oxygens (including phenoxy) is 1. The molecule has 0 saturated heterocycles. The van der Waals surface area contributed by atoms with Gasteiger partial charge in [0.1, 0.15) is 0 Å². The molecule has 2 nitrogen and oxygen atoms in total. The summed E-state index contributed by atoms with van der Waals surface area (Å²) in [4.78, 5) is 11.8. The van der Waals surface area contributed by atoms with Crippen LogP contribution >= 0.6 is 0 Å². The van der Waals surface area contributed by atoms with Crippen LogP contribution in [0.25, 0.3) is 0 Å². The Labute approximate surface area is 110 Å². The fourth-order valence-corrected chi connectivity index (χ4v) is 1.94. The SMILES string of the molecule is CC(C)=CCCC1=CCC=C(C(=O)OC(C)C)C1. The Kier molecular flexibility index (Phi) is 5.90. The lowest BCUT2D eigenvalue weighted by molar-refractivity contribution is -0.142. The van der Waals surface area contributed by atoms with Gasteiger partial charge in [0.05, 0.1) is 6.10 Å². The highest BCUT2D eigenvalue weighted by molar-refractivity contribution is 5.89. The molecular weight excluding hydrogens is 224 g/mol. The van der Waals surface area contributed by atoms with Crippen LogP contribution < -0.4 is 0 Å². The molecule has 0 fully saturated rings. The van der Waals surface area contributed by atoms with Gasteiger partial charge in [-0.25, -0.2) is 4.79 Å². The summed E-state index contributed by atoms with van der Waals surface area (Å²) in [6, 6.07) is 0. The molecular formula is C16H24O2. The number of carbonyl (C=O) groups is 1. The van der Waals surface area contributed by atoms with E-state index in [1.54, 1.807) is 0 Å². The van der Waals surface area contributed by atoms with Crippen LogP contribution in [0.4, 0.5) is 0 Å². The zero-order chi connectivity index (χ0) is 13.5. The lowest BCUT2D eigenvalue weighted by Gasteiger charge is -2.15. The Bertz CT molecular complexity index is 380. The van der Waals surface area contributed by atoms with Gasteiger partial charge in [0, 0.05) is 12.0 Å². The van der Waals surface area contributed by atoms with Crippen LogP contribution in [0.3, 0.4) is 0 Å². The van der Waals surface area contributed by atoms with Crippen molar-refractivity contribution in [3.8, 4) is 0 Å². The molecule has 0 N–H and O–H groups in total. The zero-order valence-electron chi connectivity index (χ0n) is 12.0. The van der Waals surface area contributed by atoms with Gasteiger partial charge in [-0.05, 0) is 47.0 Å². The van der Waals surface area contributed by atoms with E-state index < -0.39 is 0 Å².